The fraction of sp³-hybridized carbons (Fsp3) is 0.571. The summed E-state index contributed by atoms with van der Waals surface area (Å²) in [5.41, 5.74) is 11.8. The first-order chi connectivity index (χ1) is 22.1. The maximum atomic E-state index is 13.9. The number of nitrogens with one attached hydrogen (secondary N) is 6. The summed E-state index contributed by atoms with van der Waals surface area (Å²) < 4.78 is 0. The number of aliphatic carboxylic acids is 1. The van der Waals surface area contributed by atoms with Crippen LogP contribution in [0.1, 0.15) is 49.9 Å². The number of guanidine groups is 1. The predicted octanol–water partition coefficient (Wildman–Crippen LogP) is -2.75. The van der Waals surface area contributed by atoms with Crippen LogP contribution in [-0.4, -0.2) is 115 Å². The molecule has 11 N–H and O–H groups in total. The molecule has 0 aliphatic carbocycles. The number of H-pyrrole nitrogens is 2. The number of hydrogen-bond acceptors (Lipinski definition) is 9. The van der Waals surface area contributed by atoms with Crippen LogP contribution in [0.3, 0.4) is 0 Å². The molecule has 250 valence electrons. The third kappa shape index (κ3) is 9.50. The number of carbonyl (C=O) groups is 5. The van der Waals surface area contributed by atoms with Gasteiger partial charge < -0.3 is 52.7 Å². The molecule has 2 aliphatic rings. The number of carboxylic acids is 1. The molecule has 0 radical (unpaired) electrons. The number of carbonyl (C=O) groups excluding carboxylic acids is 4. The van der Waals surface area contributed by atoms with Gasteiger partial charge in [-0.05, 0) is 45.1 Å². The number of imidazole rings is 2. The average Bonchev–Trinajstić information content (AvgIpc) is 3.85. The zero-order chi connectivity index (χ0) is 33.1. The van der Waals surface area contributed by atoms with E-state index in [4.69, 9.17) is 11.5 Å². The third-order valence-electron chi connectivity index (χ3n) is 7.98. The molecule has 2 aliphatic heterocycles. The predicted molar refractivity (Wildman–Crippen MR) is 164 cm³/mol. The van der Waals surface area contributed by atoms with Crippen LogP contribution in [0.2, 0.25) is 0 Å². The summed E-state index contributed by atoms with van der Waals surface area (Å²) in [4.78, 5) is 84.9. The molecule has 18 nitrogen and oxygen atoms in total. The summed E-state index contributed by atoms with van der Waals surface area (Å²) in [6.45, 7) is 1.17. The van der Waals surface area contributed by atoms with Gasteiger partial charge in [-0.2, -0.15) is 0 Å². The zero-order valence-corrected chi connectivity index (χ0v) is 25.4. The Morgan fingerprint density at radius 3 is 2.20 bits per heavy atom. The third-order valence-corrected chi connectivity index (χ3v) is 7.98. The van der Waals surface area contributed by atoms with E-state index in [1.807, 2.05) is 0 Å². The summed E-state index contributed by atoms with van der Waals surface area (Å²) in [6, 6.07) is -4.71. The van der Waals surface area contributed by atoms with Crippen LogP contribution < -0.4 is 32.7 Å². The highest BCUT2D eigenvalue weighted by Crippen LogP contribution is 2.20. The molecule has 0 saturated carbocycles. The molecule has 0 bridgehead atoms. The van der Waals surface area contributed by atoms with Gasteiger partial charge in [0.15, 0.2) is 5.96 Å². The van der Waals surface area contributed by atoms with Gasteiger partial charge >= 0.3 is 5.97 Å². The van der Waals surface area contributed by atoms with Crippen LogP contribution >= 0.6 is 0 Å². The first-order valence-corrected chi connectivity index (χ1v) is 15.3. The lowest BCUT2D eigenvalue weighted by Gasteiger charge is -2.30. The van der Waals surface area contributed by atoms with Gasteiger partial charge in [-0.15, -0.1) is 0 Å². The Bertz CT molecular complexity index is 1350. The molecule has 2 fully saturated rings. The Balaban J connectivity index is 1.46. The number of nitrogens with two attached hydrogens (primary N) is 2. The van der Waals surface area contributed by atoms with Crippen molar-refractivity contribution in [2.24, 2.45) is 16.5 Å². The first kappa shape index (κ1) is 33.9. The van der Waals surface area contributed by atoms with Gasteiger partial charge in [0.1, 0.15) is 24.2 Å². The van der Waals surface area contributed by atoms with Gasteiger partial charge in [0.25, 0.3) is 0 Å². The lowest BCUT2D eigenvalue weighted by Crippen LogP contribution is -2.58. The summed E-state index contributed by atoms with van der Waals surface area (Å²) in [5.74, 6) is -3.40. The number of aromatic amines is 2. The van der Waals surface area contributed by atoms with Gasteiger partial charge in [0.05, 0.1) is 18.7 Å². The minimum absolute atomic E-state index is 0.00846. The SMILES string of the molecule is NC(N)=NCCC[C@H](NC(=O)[C@H](Cc1cnc[nH]1)NC(=O)[C@@H]1CCCN1C(=O)[C@H](Cc1cnc[nH]1)NC(=O)[C@@H]1CCCN1)C(=O)O. The topological polar surface area (TPSA) is 279 Å². The monoisotopic (exact) mass is 642 g/mol. The van der Waals surface area contributed by atoms with Gasteiger partial charge in [-0.25, -0.2) is 14.8 Å². The largest absolute Gasteiger partial charge is 0.480 e. The lowest BCUT2D eigenvalue weighted by atomic mass is 10.1. The van der Waals surface area contributed by atoms with Crippen molar-refractivity contribution < 1.29 is 29.1 Å². The molecule has 0 spiro atoms. The van der Waals surface area contributed by atoms with Crippen molar-refractivity contribution in [3.8, 4) is 0 Å². The van der Waals surface area contributed by atoms with Crippen molar-refractivity contribution in [3.63, 3.8) is 0 Å². The van der Waals surface area contributed by atoms with Gasteiger partial charge in [-0.1, -0.05) is 0 Å². The van der Waals surface area contributed by atoms with Crippen LogP contribution in [0.4, 0.5) is 0 Å². The highest BCUT2D eigenvalue weighted by Gasteiger charge is 2.40. The molecule has 5 atom stereocenters. The number of nitrogens with zero attached hydrogens (tertiary/aromatic N) is 4. The van der Waals surface area contributed by atoms with Crippen molar-refractivity contribution in [1.82, 2.24) is 46.1 Å². The van der Waals surface area contributed by atoms with Crippen molar-refractivity contribution in [2.45, 2.75) is 81.6 Å². The quantitative estimate of drug-likeness (QED) is 0.0514. The van der Waals surface area contributed by atoms with Crippen molar-refractivity contribution in [1.29, 1.82) is 0 Å². The van der Waals surface area contributed by atoms with E-state index in [0.717, 1.165) is 6.42 Å². The summed E-state index contributed by atoms with van der Waals surface area (Å²) >= 11 is 0. The minimum Gasteiger partial charge on any atom is -0.480 e. The van der Waals surface area contributed by atoms with Gasteiger partial charge in [0.2, 0.25) is 23.6 Å². The van der Waals surface area contributed by atoms with E-state index in [1.165, 1.54) is 23.8 Å². The number of carboxylic acid groups (broad SMARTS) is 1. The molecule has 4 heterocycles. The van der Waals surface area contributed by atoms with Crippen molar-refractivity contribution in [2.75, 3.05) is 19.6 Å². The number of likely N-dealkylation sites (tertiary alicyclic amines) is 1. The smallest absolute Gasteiger partial charge is 0.326 e. The molecule has 0 aromatic carbocycles. The van der Waals surface area contributed by atoms with Crippen LogP contribution in [0.25, 0.3) is 0 Å². The molecule has 2 aromatic rings. The van der Waals surface area contributed by atoms with E-state index in [-0.39, 0.29) is 44.2 Å². The van der Waals surface area contributed by atoms with E-state index in [1.54, 1.807) is 6.20 Å². The minimum atomic E-state index is -1.26. The van der Waals surface area contributed by atoms with Gasteiger partial charge in [-0.3, -0.25) is 24.2 Å². The fourth-order valence-corrected chi connectivity index (χ4v) is 5.63. The Morgan fingerprint density at radius 2 is 1.61 bits per heavy atom. The normalized spacial score (nSPS) is 19.5. The Morgan fingerprint density at radius 1 is 0.935 bits per heavy atom. The van der Waals surface area contributed by atoms with Crippen LogP contribution in [0, 0.1) is 0 Å². The zero-order valence-electron chi connectivity index (χ0n) is 25.4. The second-order valence-corrected chi connectivity index (χ2v) is 11.4. The van der Waals surface area contributed by atoms with Crippen LogP contribution in [-0.2, 0) is 36.8 Å². The highest BCUT2D eigenvalue weighted by molar-refractivity contribution is 5.96. The molecule has 18 heteroatoms. The first-order valence-electron chi connectivity index (χ1n) is 15.3. The highest BCUT2D eigenvalue weighted by atomic mass is 16.4. The van der Waals surface area contributed by atoms with E-state index in [2.05, 4.69) is 46.2 Å². The van der Waals surface area contributed by atoms with E-state index in [9.17, 15) is 29.1 Å². The average molecular weight is 643 g/mol. The molecular formula is C28H42N12O6. The van der Waals surface area contributed by atoms with E-state index in [0.29, 0.717) is 43.6 Å². The molecule has 2 aromatic heterocycles. The number of aliphatic imine (C=N–C) groups is 1. The van der Waals surface area contributed by atoms with Gasteiger partial charge in [0, 0.05) is 49.7 Å². The van der Waals surface area contributed by atoms with E-state index < -0.39 is 53.9 Å². The molecule has 4 rings (SSSR count). The second kappa shape index (κ2) is 16.4. The maximum absolute atomic E-state index is 13.9. The number of amides is 4. The maximum Gasteiger partial charge on any atom is 0.326 e. The van der Waals surface area contributed by atoms with Crippen LogP contribution in [0.15, 0.2) is 30.0 Å². The Hall–Kier alpha value is -5.00. The molecule has 0 unspecified atom stereocenters. The number of hydrogen-bond donors (Lipinski definition) is 9. The standard InChI is InChI=1S/C28H42N12O6/c29-28(30)34-8-2-5-19(27(45)46)37-24(42)20(10-16-12-31-14-35-16)38-25(43)22-6-3-9-40(22)26(44)21(11-17-13-32-15-36-17)39-23(41)18-4-1-7-33-18/h12-15,18-22,33H,1-11H2,(H,31,35)(H,32,36)(H,37,42)(H,38,43)(H,39,41)(H,45,46)(H4,29,30,34)/t18-,19-,20-,21-,22-/m0/s1. The van der Waals surface area contributed by atoms with Crippen LogP contribution in [0.5, 0.6) is 0 Å². The summed E-state index contributed by atoms with van der Waals surface area (Å²) in [6.07, 6.45) is 8.82. The molecular weight excluding hydrogens is 600 g/mol. The van der Waals surface area contributed by atoms with Crippen molar-refractivity contribution in [3.05, 3.63) is 36.4 Å². The summed E-state index contributed by atoms with van der Waals surface area (Å²) in [5, 5.41) is 20.9. The molecule has 2 saturated heterocycles. The number of rotatable bonds is 16. The number of aromatic nitrogens is 4. The fourth-order valence-electron chi connectivity index (χ4n) is 5.63. The van der Waals surface area contributed by atoms with Crippen molar-refractivity contribution >= 4 is 35.6 Å². The molecule has 4 amide bonds. The van der Waals surface area contributed by atoms with E-state index >= 15 is 0 Å². The molecule has 46 heavy (non-hydrogen) atoms. The lowest BCUT2D eigenvalue weighted by molar-refractivity contribution is -0.143. The Labute approximate surface area is 264 Å². The summed E-state index contributed by atoms with van der Waals surface area (Å²) in [7, 11) is 0. The Kier molecular flexibility index (Phi) is 12.0. The second-order valence-electron chi connectivity index (χ2n) is 11.4.